The Kier molecular flexibility index (Phi) is 5.30. The van der Waals surface area contributed by atoms with E-state index in [2.05, 4.69) is 29.4 Å². The smallest absolute Gasteiger partial charge is 0.220 e. The van der Waals surface area contributed by atoms with Gasteiger partial charge in [-0.2, -0.15) is 0 Å². The van der Waals surface area contributed by atoms with Crippen molar-refractivity contribution in [2.75, 3.05) is 6.54 Å². The Bertz CT molecular complexity index is 577. The van der Waals surface area contributed by atoms with Crippen LogP contribution in [-0.4, -0.2) is 17.4 Å². The molecule has 0 bridgehead atoms. The number of rotatable bonds is 6. The molecule has 2 rings (SSSR count). The number of carbonyl (C=O) groups is 1. The predicted octanol–water partition coefficient (Wildman–Crippen LogP) is 3.05. The Morgan fingerprint density at radius 1 is 1.25 bits per heavy atom. The van der Waals surface area contributed by atoms with E-state index in [1.54, 1.807) is 11.3 Å². The highest BCUT2D eigenvalue weighted by molar-refractivity contribution is 7.11. The Labute approximate surface area is 124 Å². The lowest BCUT2D eigenvalue weighted by molar-refractivity contribution is -0.121. The van der Waals surface area contributed by atoms with E-state index < -0.39 is 0 Å². The molecule has 0 aliphatic rings. The topological polar surface area (TPSA) is 42.0 Å². The van der Waals surface area contributed by atoms with Gasteiger partial charge in [0.25, 0.3) is 0 Å². The lowest BCUT2D eigenvalue weighted by atomic mass is 10.0. The maximum atomic E-state index is 11.8. The minimum Gasteiger partial charge on any atom is -0.356 e. The second kappa shape index (κ2) is 7.20. The van der Waals surface area contributed by atoms with E-state index in [0.717, 1.165) is 17.8 Å². The predicted molar refractivity (Wildman–Crippen MR) is 83.1 cm³/mol. The van der Waals surface area contributed by atoms with Gasteiger partial charge < -0.3 is 5.32 Å². The molecule has 1 aromatic carbocycles. The van der Waals surface area contributed by atoms with Gasteiger partial charge in [-0.3, -0.25) is 4.79 Å². The summed E-state index contributed by atoms with van der Waals surface area (Å²) in [6.45, 7) is 4.77. The van der Waals surface area contributed by atoms with Crippen molar-refractivity contribution in [2.45, 2.75) is 33.1 Å². The third-order valence-corrected chi connectivity index (χ3v) is 4.22. The van der Waals surface area contributed by atoms with E-state index in [1.807, 2.05) is 25.3 Å². The zero-order valence-corrected chi connectivity index (χ0v) is 12.8. The number of amides is 1. The summed E-state index contributed by atoms with van der Waals surface area (Å²) in [6.07, 6.45) is 4.10. The van der Waals surface area contributed by atoms with Crippen molar-refractivity contribution < 1.29 is 4.79 Å². The zero-order chi connectivity index (χ0) is 14.4. The summed E-state index contributed by atoms with van der Waals surface area (Å²) in [6, 6.07) is 8.21. The van der Waals surface area contributed by atoms with Crippen molar-refractivity contribution in [1.29, 1.82) is 0 Å². The number of aromatic nitrogens is 1. The summed E-state index contributed by atoms with van der Waals surface area (Å²) in [4.78, 5) is 17.2. The van der Waals surface area contributed by atoms with E-state index in [-0.39, 0.29) is 5.91 Å². The van der Waals surface area contributed by atoms with Gasteiger partial charge in [0.05, 0.1) is 5.01 Å². The fourth-order valence-electron chi connectivity index (χ4n) is 2.07. The lowest BCUT2D eigenvalue weighted by Crippen LogP contribution is -2.25. The summed E-state index contributed by atoms with van der Waals surface area (Å²) in [5.41, 5.74) is 2.50. The highest BCUT2D eigenvalue weighted by Crippen LogP contribution is 2.11. The van der Waals surface area contributed by atoms with Crippen LogP contribution in [0.3, 0.4) is 0 Å². The number of nitrogens with one attached hydrogen (secondary N) is 1. The molecule has 1 amide bonds. The number of aryl methyl sites for hydroxylation is 3. The molecule has 1 aromatic heterocycles. The van der Waals surface area contributed by atoms with E-state index in [4.69, 9.17) is 0 Å². The van der Waals surface area contributed by atoms with Gasteiger partial charge in [-0.05, 0) is 31.4 Å². The summed E-state index contributed by atoms with van der Waals surface area (Å²) in [7, 11) is 0. The summed E-state index contributed by atoms with van der Waals surface area (Å²) in [5.74, 6) is 0.120. The SMILES string of the molecule is Cc1ncc(CCNC(=O)CCc2ccccc2C)s1. The molecule has 0 saturated carbocycles. The van der Waals surface area contributed by atoms with Crippen molar-refractivity contribution >= 4 is 17.2 Å². The molecule has 4 heteroatoms. The molecule has 1 N–H and O–H groups in total. The third-order valence-electron chi connectivity index (χ3n) is 3.25. The van der Waals surface area contributed by atoms with Crippen LogP contribution in [0.25, 0.3) is 0 Å². The first-order valence-corrected chi connectivity index (χ1v) is 7.69. The van der Waals surface area contributed by atoms with Crippen LogP contribution in [0.4, 0.5) is 0 Å². The Balaban J connectivity index is 1.69. The minimum absolute atomic E-state index is 0.120. The molecule has 106 valence electrons. The number of carbonyl (C=O) groups excluding carboxylic acids is 1. The standard InChI is InChI=1S/C16H20N2OS/c1-12-5-3-4-6-14(12)7-8-16(19)17-10-9-15-11-18-13(2)20-15/h3-6,11H,7-10H2,1-2H3,(H,17,19). The van der Waals surface area contributed by atoms with Crippen LogP contribution < -0.4 is 5.32 Å². The summed E-state index contributed by atoms with van der Waals surface area (Å²) < 4.78 is 0. The molecule has 0 unspecified atom stereocenters. The average molecular weight is 288 g/mol. The molecular formula is C16H20N2OS. The molecule has 1 heterocycles. The quantitative estimate of drug-likeness (QED) is 0.887. The number of nitrogens with zero attached hydrogens (tertiary/aromatic N) is 1. The minimum atomic E-state index is 0.120. The molecule has 0 spiro atoms. The molecule has 0 radical (unpaired) electrons. The van der Waals surface area contributed by atoms with Crippen molar-refractivity contribution in [1.82, 2.24) is 10.3 Å². The monoisotopic (exact) mass is 288 g/mol. The van der Waals surface area contributed by atoms with Crippen molar-refractivity contribution in [2.24, 2.45) is 0 Å². The van der Waals surface area contributed by atoms with Crippen LogP contribution in [0.15, 0.2) is 30.5 Å². The Morgan fingerprint density at radius 2 is 2.05 bits per heavy atom. The Hall–Kier alpha value is -1.68. The second-order valence-corrected chi connectivity index (χ2v) is 6.19. The highest BCUT2D eigenvalue weighted by atomic mass is 32.1. The van der Waals surface area contributed by atoms with Gasteiger partial charge in [0, 0.05) is 30.5 Å². The maximum Gasteiger partial charge on any atom is 0.220 e. The number of thiazole rings is 1. The van der Waals surface area contributed by atoms with Crippen LogP contribution in [0.5, 0.6) is 0 Å². The van der Waals surface area contributed by atoms with E-state index in [0.29, 0.717) is 13.0 Å². The van der Waals surface area contributed by atoms with Crippen LogP contribution >= 0.6 is 11.3 Å². The van der Waals surface area contributed by atoms with Gasteiger partial charge in [-0.15, -0.1) is 11.3 Å². The molecule has 20 heavy (non-hydrogen) atoms. The van der Waals surface area contributed by atoms with Gasteiger partial charge in [0.1, 0.15) is 0 Å². The first kappa shape index (κ1) is 14.7. The first-order chi connectivity index (χ1) is 9.65. The van der Waals surface area contributed by atoms with Gasteiger partial charge in [0.15, 0.2) is 0 Å². The average Bonchev–Trinajstić information content (AvgIpc) is 2.83. The maximum absolute atomic E-state index is 11.8. The van der Waals surface area contributed by atoms with Crippen LogP contribution in [0.1, 0.15) is 27.4 Å². The van der Waals surface area contributed by atoms with Gasteiger partial charge in [0.2, 0.25) is 5.91 Å². The molecule has 2 aromatic rings. The summed E-state index contributed by atoms with van der Waals surface area (Å²) in [5, 5.41) is 4.04. The van der Waals surface area contributed by atoms with Crippen LogP contribution in [0, 0.1) is 13.8 Å². The fourth-order valence-corrected chi connectivity index (χ4v) is 2.87. The van der Waals surface area contributed by atoms with E-state index in [9.17, 15) is 4.79 Å². The molecule has 0 aliphatic carbocycles. The summed E-state index contributed by atoms with van der Waals surface area (Å²) >= 11 is 1.69. The first-order valence-electron chi connectivity index (χ1n) is 6.87. The zero-order valence-electron chi connectivity index (χ0n) is 12.0. The van der Waals surface area contributed by atoms with Crippen LogP contribution in [-0.2, 0) is 17.6 Å². The van der Waals surface area contributed by atoms with Gasteiger partial charge >= 0.3 is 0 Å². The third kappa shape index (κ3) is 4.46. The molecule has 0 fully saturated rings. The fraction of sp³-hybridized carbons (Fsp3) is 0.375. The largest absolute Gasteiger partial charge is 0.356 e. The molecule has 0 atom stereocenters. The van der Waals surface area contributed by atoms with Crippen molar-refractivity contribution in [3.63, 3.8) is 0 Å². The number of benzene rings is 1. The van der Waals surface area contributed by atoms with Gasteiger partial charge in [-0.1, -0.05) is 24.3 Å². The van der Waals surface area contributed by atoms with E-state index >= 15 is 0 Å². The van der Waals surface area contributed by atoms with Gasteiger partial charge in [-0.25, -0.2) is 4.98 Å². The highest BCUT2D eigenvalue weighted by Gasteiger charge is 2.04. The Morgan fingerprint density at radius 3 is 2.75 bits per heavy atom. The normalized spacial score (nSPS) is 10.5. The van der Waals surface area contributed by atoms with Crippen LogP contribution in [0.2, 0.25) is 0 Å². The second-order valence-electron chi connectivity index (χ2n) is 4.87. The molecule has 0 saturated heterocycles. The lowest BCUT2D eigenvalue weighted by Gasteiger charge is -2.06. The molecule has 0 aliphatic heterocycles. The number of hydrogen-bond acceptors (Lipinski definition) is 3. The number of hydrogen-bond donors (Lipinski definition) is 1. The van der Waals surface area contributed by atoms with Crippen molar-refractivity contribution in [3.05, 3.63) is 51.5 Å². The molecular weight excluding hydrogens is 268 g/mol. The molecule has 3 nitrogen and oxygen atoms in total. The van der Waals surface area contributed by atoms with E-state index in [1.165, 1.54) is 16.0 Å². The van der Waals surface area contributed by atoms with Crippen molar-refractivity contribution in [3.8, 4) is 0 Å².